The quantitative estimate of drug-likeness (QED) is 0.539. The van der Waals surface area contributed by atoms with E-state index >= 15 is 0 Å². The highest BCUT2D eigenvalue weighted by Gasteiger charge is 2.62. The second kappa shape index (κ2) is 7.89. The minimum absolute atomic E-state index is 0.214. The molecule has 1 fully saturated rings. The van der Waals surface area contributed by atoms with Crippen LogP contribution < -0.4 is 4.74 Å². The van der Waals surface area contributed by atoms with Crippen molar-refractivity contribution in [2.24, 2.45) is 11.3 Å². The zero-order valence-electron chi connectivity index (χ0n) is 17.0. The molecule has 0 N–H and O–H groups in total. The third-order valence-electron chi connectivity index (χ3n) is 6.25. The topological polar surface area (TPSA) is 72.9 Å². The Bertz CT molecular complexity index is 1050. The number of allylic oxidation sites excluding steroid dienone is 1. The summed E-state index contributed by atoms with van der Waals surface area (Å²) in [5.74, 6) is 0.0362. The smallest absolute Gasteiger partial charge is 0.314 e. The molecule has 1 saturated heterocycles. The summed E-state index contributed by atoms with van der Waals surface area (Å²) in [5.41, 5.74) is -0.224. The van der Waals surface area contributed by atoms with E-state index in [9.17, 15) is 13.2 Å². The van der Waals surface area contributed by atoms with Crippen LogP contribution in [0, 0.1) is 11.3 Å². The number of hydrogen-bond donors (Lipinski definition) is 0. The summed E-state index contributed by atoms with van der Waals surface area (Å²) in [6.45, 7) is 0.222. The van der Waals surface area contributed by atoms with Gasteiger partial charge < -0.3 is 9.47 Å². The van der Waals surface area contributed by atoms with E-state index in [-0.39, 0.29) is 23.3 Å². The first-order valence-electron chi connectivity index (χ1n) is 9.91. The Hall–Kier alpha value is -2.64. The van der Waals surface area contributed by atoms with Crippen molar-refractivity contribution in [2.75, 3.05) is 20.8 Å². The van der Waals surface area contributed by atoms with Crippen molar-refractivity contribution in [1.82, 2.24) is 4.31 Å². The van der Waals surface area contributed by atoms with Crippen molar-refractivity contribution in [1.29, 1.82) is 0 Å². The summed E-state index contributed by atoms with van der Waals surface area (Å²) in [6, 6.07) is 14.9. The highest BCUT2D eigenvalue weighted by molar-refractivity contribution is 7.89. The molecule has 0 radical (unpaired) electrons. The fourth-order valence-electron chi connectivity index (χ4n) is 4.83. The number of sulfonamides is 1. The van der Waals surface area contributed by atoms with Crippen molar-refractivity contribution in [3.05, 3.63) is 72.3 Å². The van der Waals surface area contributed by atoms with Gasteiger partial charge in [0, 0.05) is 12.5 Å². The van der Waals surface area contributed by atoms with Crippen LogP contribution in [0.5, 0.6) is 5.75 Å². The van der Waals surface area contributed by atoms with Crippen molar-refractivity contribution in [2.45, 2.75) is 23.8 Å². The Morgan fingerprint density at radius 3 is 2.40 bits per heavy atom. The van der Waals surface area contributed by atoms with Gasteiger partial charge in [-0.2, -0.15) is 4.31 Å². The van der Waals surface area contributed by atoms with Gasteiger partial charge in [0.15, 0.2) is 0 Å². The summed E-state index contributed by atoms with van der Waals surface area (Å²) in [4.78, 5) is 13.4. The number of esters is 1. The molecule has 4 rings (SSSR count). The van der Waals surface area contributed by atoms with Gasteiger partial charge in [-0.3, -0.25) is 4.79 Å². The van der Waals surface area contributed by atoms with Crippen molar-refractivity contribution >= 4 is 16.0 Å². The van der Waals surface area contributed by atoms with E-state index in [1.165, 1.54) is 11.4 Å². The van der Waals surface area contributed by atoms with Crippen molar-refractivity contribution in [3.63, 3.8) is 0 Å². The number of carbonyl (C=O) groups excluding carboxylic acids is 1. The minimum Gasteiger partial charge on any atom is -0.497 e. The van der Waals surface area contributed by atoms with Gasteiger partial charge in [-0.1, -0.05) is 42.5 Å². The number of nitrogens with zero attached hydrogens (tertiary/aromatic N) is 1. The molecule has 6 nitrogen and oxygen atoms in total. The summed E-state index contributed by atoms with van der Waals surface area (Å²) < 4.78 is 39.3. The van der Waals surface area contributed by atoms with Gasteiger partial charge in [0.25, 0.3) is 0 Å². The van der Waals surface area contributed by atoms with E-state index in [1.54, 1.807) is 49.6 Å². The van der Waals surface area contributed by atoms with Crippen LogP contribution in [0.3, 0.4) is 0 Å². The fourth-order valence-corrected chi connectivity index (χ4v) is 6.55. The van der Waals surface area contributed by atoms with Crippen LogP contribution in [-0.4, -0.2) is 39.5 Å². The zero-order chi connectivity index (χ0) is 21.4. The van der Waals surface area contributed by atoms with Gasteiger partial charge in [0.05, 0.1) is 30.6 Å². The number of ether oxygens (including phenoxy) is 2. The molecule has 0 bridgehead atoms. The third-order valence-corrected chi connectivity index (χ3v) is 8.10. The number of carbonyl (C=O) groups is 1. The van der Waals surface area contributed by atoms with Gasteiger partial charge >= 0.3 is 5.97 Å². The van der Waals surface area contributed by atoms with Crippen LogP contribution in [0.2, 0.25) is 0 Å². The molecule has 1 aliphatic heterocycles. The van der Waals surface area contributed by atoms with E-state index in [0.717, 1.165) is 5.56 Å². The van der Waals surface area contributed by atoms with Crippen LogP contribution in [0.4, 0.5) is 0 Å². The lowest BCUT2D eigenvalue weighted by atomic mass is 9.66. The maximum atomic E-state index is 13.7. The number of hydrogen-bond acceptors (Lipinski definition) is 5. The van der Waals surface area contributed by atoms with Crippen LogP contribution in [-0.2, 0) is 19.6 Å². The van der Waals surface area contributed by atoms with Gasteiger partial charge in [-0.05, 0) is 42.7 Å². The molecule has 1 aliphatic carbocycles. The monoisotopic (exact) mass is 427 g/mol. The van der Waals surface area contributed by atoms with E-state index in [1.807, 2.05) is 24.3 Å². The molecule has 3 atom stereocenters. The number of methoxy groups -OCH3 is 2. The fraction of sp³-hybridized carbons (Fsp3) is 0.348. The Labute approximate surface area is 177 Å². The summed E-state index contributed by atoms with van der Waals surface area (Å²) in [6.07, 6.45) is 5.21. The predicted molar refractivity (Wildman–Crippen MR) is 112 cm³/mol. The van der Waals surface area contributed by atoms with Gasteiger partial charge in [0.1, 0.15) is 5.75 Å². The Kier molecular flexibility index (Phi) is 5.42. The van der Waals surface area contributed by atoms with Gasteiger partial charge in [-0.15, -0.1) is 0 Å². The predicted octanol–water partition coefficient (Wildman–Crippen LogP) is 3.57. The lowest BCUT2D eigenvalue weighted by Crippen LogP contribution is -2.44. The summed E-state index contributed by atoms with van der Waals surface area (Å²) in [5, 5.41) is 0. The first kappa shape index (κ1) is 20.6. The molecule has 2 aromatic carbocycles. The van der Waals surface area contributed by atoms with E-state index in [4.69, 9.17) is 9.47 Å². The van der Waals surface area contributed by atoms with Crippen molar-refractivity contribution in [3.8, 4) is 5.75 Å². The largest absolute Gasteiger partial charge is 0.497 e. The first-order chi connectivity index (χ1) is 14.4. The van der Waals surface area contributed by atoms with E-state index in [0.29, 0.717) is 18.6 Å². The van der Waals surface area contributed by atoms with Crippen LogP contribution >= 0.6 is 0 Å². The lowest BCUT2D eigenvalue weighted by molar-refractivity contribution is -0.156. The second-order valence-electron chi connectivity index (χ2n) is 7.67. The molecule has 7 heteroatoms. The SMILES string of the molecule is COC(=O)[C@]12CCC=C[C@@H]1CN(S(=O)(=O)c1ccccc1)[C@H]2c1ccc(OC)cc1. The molecule has 158 valence electrons. The van der Waals surface area contributed by atoms with E-state index in [2.05, 4.69) is 0 Å². The molecule has 0 saturated carbocycles. The van der Waals surface area contributed by atoms with Crippen LogP contribution in [0.25, 0.3) is 0 Å². The number of benzene rings is 2. The Morgan fingerprint density at radius 2 is 1.77 bits per heavy atom. The zero-order valence-corrected chi connectivity index (χ0v) is 17.8. The standard InChI is InChI=1S/C23H25NO5S/c1-28-19-13-11-17(12-14-19)21-23(22(25)29-2)15-7-6-8-18(23)16-24(21)30(26,27)20-9-4-3-5-10-20/h3-6,8-14,18,21H,7,15-16H2,1-2H3/t18-,21+,23-/m1/s1. The molecular weight excluding hydrogens is 402 g/mol. The summed E-state index contributed by atoms with van der Waals surface area (Å²) >= 11 is 0. The Balaban J connectivity index is 1.91. The first-order valence-corrected chi connectivity index (χ1v) is 11.3. The molecule has 0 unspecified atom stereocenters. The molecule has 2 aliphatic rings. The molecule has 0 amide bonds. The molecule has 0 spiro atoms. The highest BCUT2D eigenvalue weighted by Crippen LogP contribution is 2.57. The normalized spacial score (nSPS) is 26.2. The third kappa shape index (κ3) is 3.13. The maximum absolute atomic E-state index is 13.7. The second-order valence-corrected chi connectivity index (χ2v) is 9.56. The van der Waals surface area contributed by atoms with Crippen molar-refractivity contribution < 1.29 is 22.7 Å². The van der Waals surface area contributed by atoms with E-state index < -0.39 is 21.5 Å². The average Bonchev–Trinajstić information content (AvgIpc) is 3.16. The van der Waals surface area contributed by atoms with Gasteiger partial charge in [-0.25, -0.2) is 8.42 Å². The van der Waals surface area contributed by atoms with Crippen LogP contribution in [0.15, 0.2) is 71.6 Å². The number of rotatable bonds is 5. The summed E-state index contributed by atoms with van der Waals surface area (Å²) in [7, 11) is -0.884. The molecule has 30 heavy (non-hydrogen) atoms. The molecule has 1 heterocycles. The molecule has 0 aromatic heterocycles. The maximum Gasteiger partial charge on any atom is 0.314 e. The average molecular weight is 428 g/mol. The highest BCUT2D eigenvalue weighted by atomic mass is 32.2. The number of fused-ring (bicyclic) bond motifs is 1. The minimum atomic E-state index is -3.83. The lowest BCUT2D eigenvalue weighted by Gasteiger charge is -2.39. The Morgan fingerprint density at radius 1 is 1.07 bits per heavy atom. The molecule has 2 aromatic rings. The van der Waals surface area contributed by atoms with Gasteiger partial charge in [0.2, 0.25) is 10.0 Å². The van der Waals surface area contributed by atoms with Crippen LogP contribution in [0.1, 0.15) is 24.4 Å². The molecular formula is C23H25NO5S.